The number of hydrogen-bond donors (Lipinski definition) is 1. The third-order valence-corrected chi connectivity index (χ3v) is 5.13. The van der Waals surface area contributed by atoms with Gasteiger partial charge in [0.2, 0.25) is 5.91 Å². The molecule has 1 N–H and O–H groups in total. The van der Waals surface area contributed by atoms with Crippen molar-refractivity contribution in [3.8, 4) is 11.4 Å². The lowest BCUT2D eigenvalue weighted by molar-refractivity contribution is -0.113. The van der Waals surface area contributed by atoms with Gasteiger partial charge >= 0.3 is 0 Å². The van der Waals surface area contributed by atoms with Crippen molar-refractivity contribution in [3.63, 3.8) is 0 Å². The number of nitrogens with one attached hydrogen (secondary N) is 1. The maximum absolute atomic E-state index is 12.4. The van der Waals surface area contributed by atoms with Crippen molar-refractivity contribution in [1.82, 2.24) is 24.5 Å². The summed E-state index contributed by atoms with van der Waals surface area (Å²) in [6, 6.07) is 10.0. The summed E-state index contributed by atoms with van der Waals surface area (Å²) in [6.07, 6.45) is 1.70. The van der Waals surface area contributed by atoms with Gasteiger partial charge in [-0.3, -0.25) is 4.79 Å². The molecule has 0 aliphatic rings. The van der Waals surface area contributed by atoms with Gasteiger partial charge in [0.25, 0.3) is 0 Å². The van der Waals surface area contributed by atoms with Crippen LogP contribution in [0.2, 0.25) is 0 Å². The summed E-state index contributed by atoms with van der Waals surface area (Å²) in [5.74, 6) is 2.17. The zero-order valence-corrected chi connectivity index (χ0v) is 17.5. The Morgan fingerprint density at radius 2 is 2.07 bits per heavy atom. The highest BCUT2D eigenvalue weighted by atomic mass is 32.2. The van der Waals surface area contributed by atoms with Crippen molar-refractivity contribution < 1.29 is 4.79 Å². The Morgan fingerprint density at radius 3 is 2.79 bits per heavy atom. The molecule has 0 spiro atoms. The van der Waals surface area contributed by atoms with Crippen molar-refractivity contribution in [2.45, 2.75) is 45.9 Å². The topological polar surface area (TPSA) is 77.6 Å². The highest BCUT2D eigenvalue weighted by Crippen LogP contribution is 2.24. The second kappa shape index (κ2) is 9.05. The number of anilines is 1. The Hall–Kier alpha value is -2.61. The summed E-state index contributed by atoms with van der Waals surface area (Å²) < 4.78 is 3.85. The Balaban J connectivity index is 1.66. The monoisotopic (exact) mass is 398 g/mol. The van der Waals surface area contributed by atoms with E-state index < -0.39 is 0 Å². The lowest BCUT2D eigenvalue weighted by atomic mass is 10.1. The lowest BCUT2D eigenvalue weighted by Crippen LogP contribution is -2.19. The molecular formula is C20H26N6OS. The molecule has 0 aliphatic carbocycles. The van der Waals surface area contributed by atoms with Crippen molar-refractivity contribution in [2.24, 2.45) is 5.92 Å². The number of aryl methyl sites for hydroxylation is 1. The van der Waals surface area contributed by atoms with Crippen molar-refractivity contribution in [1.29, 1.82) is 0 Å². The number of carbonyl (C=O) groups is 1. The van der Waals surface area contributed by atoms with E-state index in [9.17, 15) is 4.79 Å². The van der Waals surface area contributed by atoms with Crippen LogP contribution in [0.4, 0.5) is 5.82 Å². The molecule has 0 atom stereocenters. The molecule has 7 nitrogen and oxygen atoms in total. The first-order valence-corrected chi connectivity index (χ1v) is 10.4. The molecule has 3 aromatic rings. The average Bonchev–Trinajstić information content (AvgIpc) is 3.26. The van der Waals surface area contributed by atoms with Crippen LogP contribution in [0.1, 0.15) is 26.3 Å². The fourth-order valence-electron chi connectivity index (χ4n) is 2.92. The van der Waals surface area contributed by atoms with Gasteiger partial charge in [0.15, 0.2) is 11.0 Å². The Kier molecular flexibility index (Phi) is 6.51. The van der Waals surface area contributed by atoms with Crippen LogP contribution in [-0.2, 0) is 17.9 Å². The fourth-order valence-corrected chi connectivity index (χ4v) is 3.72. The molecule has 1 aromatic carbocycles. The van der Waals surface area contributed by atoms with Crippen LogP contribution in [0, 0.1) is 12.8 Å². The molecule has 3 rings (SSSR count). The van der Waals surface area contributed by atoms with Gasteiger partial charge in [-0.05, 0) is 25.8 Å². The first-order valence-electron chi connectivity index (χ1n) is 9.42. The van der Waals surface area contributed by atoms with Gasteiger partial charge in [-0.2, -0.15) is 5.10 Å². The standard InChI is InChI=1S/C20H26N6OS/c1-5-25-19(16-8-6-7-15(4)11-16)23-24-20(25)28-13-18(27)22-17-9-10-21-26(17)12-14(2)3/h6-11,14H,5,12-13H2,1-4H3,(H,22,27). The largest absolute Gasteiger partial charge is 0.310 e. The molecule has 8 heteroatoms. The molecule has 148 valence electrons. The van der Waals surface area contributed by atoms with Gasteiger partial charge in [0.1, 0.15) is 5.82 Å². The second-order valence-corrected chi connectivity index (χ2v) is 7.99. The van der Waals surface area contributed by atoms with Crippen LogP contribution >= 0.6 is 11.8 Å². The molecule has 0 saturated heterocycles. The molecule has 0 fully saturated rings. The third kappa shape index (κ3) is 4.81. The minimum atomic E-state index is -0.0849. The van der Waals surface area contributed by atoms with Gasteiger partial charge in [-0.1, -0.05) is 49.4 Å². The van der Waals surface area contributed by atoms with Crippen molar-refractivity contribution >= 4 is 23.5 Å². The van der Waals surface area contributed by atoms with Crippen LogP contribution < -0.4 is 5.32 Å². The minimum absolute atomic E-state index is 0.0849. The molecule has 0 unspecified atom stereocenters. The number of rotatable bonds is 8. The summed E-state index contributed by atoms with van der Waals surface area (Å²) in [6.45, 7) is 9.84. The van der Waals surface area contributed by atoms with E-state index in [-0.39, 0.29) is 11.7 Å². The summed E-state index contributed by atoms with van der Waals surface area (Å²) >= 11 is 1.39. The number of hydrogen-bond acceptors (Lipinski definition) is 5. The Bertz CT molecular complexity index is 946. The molecule has 1 amide bonds. The van der Waals surface area contributed by atoms with Gasteiger partial charge in [0.05, 0.1) is 11.9 Å². The summed E-state index contributed by atoms with van der Waals surface area (Å²) in [7, 11) is 0. The SMILES string of the molecule is CCn1c(SCC(=O)Nc2ccnn2CC(C)C)nnc1-c1cccc(C)c1. The van der Waals surface area contributed by atoms with Crippen molar-refractivity contribution in [2.75, 3.05) is 11.1 Å². The van der Waals surface area contributed by atoms with Crippen LogP contribution in [0.15, 0.2) is 41.7 Å². The van der Waals surface area contributed by atoms with Gasteiger partial charge in [0, 0.05) is 24.7 Å². The zero-order chi connectivity index (χ0) is 20.1. The van der Waals surface area contributed by atoms with Gasteiger partial charge in [-0.25, -0.2) is 4.68 Å². The van der Waals surface area contributed by atoms with E-state index in [1.54, 1.807) is 6.20 Å². The van der Waals surface area contributed by atoms with E-state index in [4.69, 9.17) is 0 Å². The smallest absolute Gasteiger partial charge is 0.235 e. The first-order chi connectivity index (χ1) is 13.5. The number of carbonyl (C=O) groups excluding carboxylic acids is 1. The predicted octanol–water partition coefficient (Wildman–Crippen LogP) is 3.86. The van der Waals surface area contributed by atoms with Gasteiger partial charge < -0.3 is 9.88 Å². The second-order valence-electron chi connectivity index (χ2n) is 7.05. The molecule has 0 aliphatic heterocycles. The summed E-state index contributed by atoms with van der Waals surface area (Å²) in [5.41, 5.74) is 2.21. The normalized spacial score (nSPS) is 11.2. The Labute approximate surface area is 169 Å². The molecule has 0 saturated carbocycles. The Morgan fingerprint density at radius 1 is 1.25 bits per heavy atom. The molecule has 2 aromatic heterocycles. The molecule has 28 heavy (non-hydrogen) atoms. The average molecular weight is 399 g/mol. The maximum Gasteiger partial charge on any atom is 0.235 e. The molecule has 0 bridgehead atoms. The highest BCUT2D eigenvalue weighted by Gasteiger charge is 2.15. The fraction of sp³-hybridized carbons (Fsp3) is 0.400. The number of aromatic nitrogens is 5. The van der Waals surface area contributed by atoms with Crippen LogP contribution in [0.25, 0.3) is 11.4 Å². The summed E-state index contributed by atoms with van der Waals surface area (Å²) in [4.78, 5) is 12.4. The predicted molar refractivity (Wildman–Crippen MR) is 112 cm³/mol. The van der Waals surface area contributed by atoms with E-state index >= 15 is 0 Å². The van der Waals surface area contributed by atoms with E-state index in [0.717, 1.165) is 35.5 Å². The van der Waals surface area contributed by atoms with E-state index in [1.807, 2.05) is 27.4 Å². The molecule has 2 heterocycles. The molecule has 0 radical (unpaired) electrons. The van der Waals surface area contributed by atoms with E-state index in [0.29, 0.717) is 5.92 Å². The zero-order valence-electron chi connectivity index (χ0n) is 16.7. The van der Waals surface area contributed by atoms with E-state index in [2.05, 4.69) is 60.4 Å². The highest BCUT2D eigenvalue weighted by molar-refractivity contribution is 7.99. The van der Waals surface area contributed by atoms with Crippen molar-refractivity contribution in [3.05, 3.63) is 42.1 Å². The lowest BCUT2D eigenvalue weighted by Gasteiger charge is -2.11. The summed E-state index contributed by atoms with van der Waals surface area (Å²) in [5, 5.41) is 16.6. The minimum Gasteiger partial charge on any atom is -0.310 e. The first kappa shape index (κ1) is 20.1. The quantitative estimate of drug-likeness (QED) is 0.583. The number of nitrogens with zero attached hydrogens (tertiary/aromatic N) is 5. The van der Waals surface area contributed by atoms with Crippen LogP contribution in [0.3, 0.4) is 0 Å². The van der Waals surface area contributed by atoms with Gasteiger partial charge in [-0.15, -0.1) is 10.2 Å². The van der Waals surface area contributed by atoms with Crippen LogP contribution in [0.5, 0.6) is 0 Å². The number of benzene rings is 1. The number of thioether (sulfide) groups is 1. The third-order valence-electron chi connectivity index (χ3n) is 4.16. The maximum atomic E-state index is 12.4. The van der Waals surface area contributed by atoms with E-state index in [1.165, 1.54) is 17.3 Å². The van der Waals surface area contributed by atoms with Crippen LogP contribution in [-0.4, -0.2) is 36.2 Å². The molecular weight excluding hydrogens is 372 g/mol. The number of amides is 1.